The highest BCUT2D eigenvalue weighted by molar-refractivity contribution is 5.72. The van der Waals surface area contributed by atoms with Crippen LogP contribution in [0.4, 0.5) is 0 Å². The Morgan fingerprint density at radius 2 is 1.88 bits per heavy atom. The zero-order valence-corrected chi connectivity index (χ0v) is 9.73. The predicted molar refractivity (Wildman–Crippen MR) is 60.4 cm³/mol. The minimum absolute atomic E-state index is 0.138. The highest BCUT2D eigenvalue weighted by Crippen LogP contribution is 2.21. The summed E-state index contributed by atoms with van der Waals surface area (Å²) in [5.74, 6) is -0.807. The summed E-state index contributed by atoms with van der Waals surface area (Å²) < 4.78 is 5.53. The average molecular weight is 227 g/mol. The zero-order valence-electron chi connectivity index (χ0n) is 9.73. The number of aliphatic carboxylic acids is 1. The predicted octanol–water partition coefficient (Wildman–Crippen LogP) is 1.49. The number of carboxylic acid groups (broad SMARTS) is 1. The van der Waals surface area contributed by atoms with Gasteiger partial charge in [-0.05, 0) is 38.8 Å². The number of hydrogen-bond acceptors (Lipinski definition) is 3. The Hall–Kier alpha value is -0.610. The smallest absolute Gasteiger partial charge is 0.332 e. The van der Waals surface area contributed by atoms with Crippen molar-refractivity contribution in [3.05, 3.63) is 0 Å². The van der Waals surface area contributed by atoms with E-state index in [-0.39, 0.29) is 6.10 Å². The van der Waals surface area contributed by atoms with Crippen LogP contribution in [0.15, 0.2) is 0 Å². The Morgan fingerprint density at radius 3 is 2.44 bits per heavy atom. The lowest BCUT2D eigenvalue weighted by molar-refractivity contribution is -0.149. The van der Waals surface area contributed by atoms with E-state index in [1.165, 1.54) is 25.7 Å². The van der Waals surface area contributed by atoms with E-state index in [0.29, 0.717) is 6.42 Å². The lowest BCUT2D eigenvalue weighted by Crippen LogP contribution is -2.34. The van der Waals surface area contributed by atoms with Gasteiger partial charge in [0.05, 0.1) is 6.10 Å². The van der Waals surface area contributed by atoms with E-state index in [4.69, 9.17) is 9.84 Å². The van der Waals surface area contributed by atoms with Crippen LogP contribution in [0.25, 0.3) is 0 Å². The topological polar surface area (TPSA) is 49.8 Å². The van der Waals surface area contributed by atoms with Crippen molar-refractivity contribution in [3.8, 4) is 0 Å². The molecule has 2 saturated heterocycles. The summed E-state index contributed by atoms with van der Waals surface area (Å²) in [5, 5.41) is 8.84. The van der Waals surface area contributed by atoms with E-state index in [2.05, 4.69) is 4.90 Å². The first-order valence-corrected chi connectivity index (χ1v) is 6.36. The van der Waals surface area contributed by atoms with Gasteiger partial charge in [0.1, 0.15) is 0 Å². The maximum absolute atomic E-state index is 10.8. The van der Waals surface area contributed by atoms with Gasteiger partial charge in [-0.1, -0.05) is 12.8 Å². The van der Waals surface area contributed by atoms with E-state index >= 15 is 0 Å². The SMILES string of the molecule is O=C(O)C1CCC(CN2CCCCCC2)O1. The fourth-order valence-corrected chi connectivity index (χ4v) is 2.63. The number of likely N-dealkylation sites (tertiary alicyclic amines) is 1. The van der Waals surface area contributed by atoms with Crippen LogP contribution >= 0.6 is 0 Å². The summed E-state index contributed by atoms with van der Waals surface area (Å²) in [7, 11) is 0. The molecular weight excluding hydrogens is 206 g/mol. The number of carbonyl (C=O) groups is 1. The normalized spacial score (nSPS) is 32.5. The van der Waals surface area contributed by atoms with Crippen LogP contribution in [-0.4, -0.2) is 47.8 Å². The van der Waals surface area contributed by atoms with Gasteiger partial charge in [0, 0.05) is 6.54 Å². The Bertz CT molecular complexity index is 236. The number of nitrogens with zero attached hydrogens (tertiary/aromatic N) is 1. The Labute approximate surface area is 96.6 Å². The highest BCUT2D eigenvalue weighted by atomic mass is 16.5. The highest BCUT2D eigenvalue weighted by Gasteiger charge is 2.31. The number of hydrogen-bond donors (Lipinski definition) is 1. The van der Waals surface area contributed by atoms with Gasteiger partial charge in [0.15, 0.2) is 6.10 Å². The summed E-state index contributed by atoms with van der Waals surface area (Å²) in [6.07, 6.45) is 6.36. The molecule has 2 fully saturated rings. The Kier molecular flexibility index (Phi) is 4.18. The Balaban J connectivity index is 1.75. The first-order chi connectivity index (χ1) is 7.75. The van der Waals surface area contributed by atoms with Crippen molar-refractivity contribution < 1.29 is 14.6 Å². The molecule has 0 aromatic rings. The maximum Gasteiger partial charge on any atom is 0.332 e. The first kappa shape index (κ1) is 11.9. The second-order valence-corrected chi connectivity index (χ2v) is 4.88. The molecule has 92 valence electrons. The number of carboxylic acids is 1. The van der Waals surface area contributed by atoms with Crippen molar-refractivity contribution in [3.63, 3.8) is 0 Å². The van der Waals surface area contributed by atoms with Crippen LogP contribution < -0.4 is 0 Å². The van der Waals surface area contributed by atoms with Crippen molar-refractivity contribution in [1.29, 1.82) is 0 Å². The van der Waals surface area contributed by atoms with E-state index in [1.807, 2.05) is 0 Å². The molecule has 2 aliphatic heterocycles. The van der Waals surface area contributed by atoms with Crippen LogP contribution in [0.2, 0.25) is 0 Å². The molecule has 0 bridgehead atoms. The van der Waals surface area contributed by atoms with Crippen LogP contribution in [0.5, 0.6) is 0 Å². The third kappa shape index (κ3) is 3.19. The molecule has 4 nitrogen and oxygen atoms in total. The molecule has 16 heavy (non-hydrogen) atoms. The maximum atomic E-state index is 10.8. The Morgan fingerprint density at radius 1 is 1.19 bits per heavy atom. The van der Waals surface area contributed by atoms with E-state index < -0.39 is 12.1 Å². The molecule has 0 aliphatic carbocycles. The van der Waals surface area contributed by atoms with Gasteiger partial charge in [-0.15, -0.1) is 0 Å². The van der Waals surface area contributed by atoms with Gasteiger partial charge in [-0.25, -0.2) is 4.79 Å². The summed E-state index contributed by atoms with van der Waals surface area (Å²) in [4.78, 5) is 13.2. The van der Waals surface area contributed by atoms with Crippen LogP contribution in [0.3, 0.4) is 0 Å². The van der Waals surface area contributed by atoms with Gasteiger partial charge in [-0.3, -0.25) is 0 Å². The third-order valence-corrected chi connectivity index (χ3v) is 3.54. The van der Waals surface area contributed by atoms with E-state index in [0.717, 1.165) is 26.1 Å². The standard InChI is InChI=1S/C12H21NO3/c14-12(15)11-6-5-10(16-11)9-13-7-3-1-2-4-8-13/h10-11H,1-9H2,(H,14,15). The summed E-state index contributed by atoms with van der Waals surface area (Å²) in [5.41, 5.74) is 0. The van der Waals surface area contributed by atoms with Crippen molar-refractivity contribution in [2.24, 2.45) is 0 Å². The fourth-order valence-electron chi connectivity index (χ4n) is 2.63. The lowest BCUT2D eigenvalue weighted by atomic mass is 10.2. The van der Waals surface area contributed by atoms with Gasteiger partial charge in [0.2, 0.25) is 0 Å². The largest absolute Gasteiger partial charge is 0.479 e. The second-order valence-electron chi connectivity index (χ2n) is 4.88. The van der Waals surface area contributed by atoms with Crippen molar-refractivity contribution in [1.82, 2.24) is 4.90 Å². The molecule has 2 rings (SSSR count). The molecule has 0 aromatic carbocycles. The first-order valence-electron chi connectivity index (χ1n) is 6.36. The fraction of sp³-hybridized carbons (Fsp3) is 0.917. The molecule has 0 spiro atoms. The van der Waals surface area contributed by atoms with E-state index in [1.54, 1.807) is 0 Å². The molecule has 2 atom stereocenters. The third-order valence-electron chi connectivity index (χ3n) is 3.54. The molecule has 2 unspecified atom stereocenters. The molecule has 1 N–H and O–H groups in total. The van der Waals surface area contributed by atoms with Gasteiger partial charge < -0.3 is 14.7 Å². The monoisotopic (exact) mass is 227 g/mol. The lowest BCUT2D eigenvalue weighted by Gasteiger charge is -2.23. The summed E-state index contributed by atoms with van der Waals surface area (Å²) in [6, 6.07) is 0. The molecule has 2 aliphatic rings. The molecular formula is C12H21NO3. The van der Waals surface area contributed by atoms with E-state index in [9.17, 15) is 4.79 Å². The van der Waals surface area contributed by atoms with Crippen LogP contribution in [0.1, 0.15) is 38.5 Å². The molecule has 0 amide bonds. The molecule has 0 radical (unpaired) electrons. The minimum Gasteiger partial charge on any atom is -0.479 e. The molecule has 4 heteroatoms. The van der Waals surface area contributed by atoms with Gasteiger partial charge in [0.25, 0.3) is 0 Å². The van der Waals surface area contributed by atoms with Crippen molar-refractivity contribution >= 4 is 5.97 Å². The van der Waals surface area contributed by atoms with Crippen LogP contribution in [0, 0.1) is 0 Å². The molecule has 0 saturated carbocycles. The number of ether oxygens (including phenoxy) is 1. The molecule has 0 aromatic heterocycles. The summed E-state index contributed by atoms with van der Waals surface area (Å²) >= 11 is 0. The minimum atomic E-state index is -0.807. The quantitative estimate of drug-likeness (QED) is 0.793. The molecule has 2 heterocycles. The van der Waals surface area contributed by atoms with Gasteiger partial charge in [-0.2, -0.15) is 0 Å². The second kappa shape index (κ2) is 5.64. The van der Waals surface area contributed by atoms with Crippen molar-refractivity contribution in [2.45, 2.75) is 50.7 Å². The van der Waals surface area contributed by atoms with Crippen LogP contribution in [-0.2, 0) is 9.53 Å². The van der Waals surface area contributed by atoms with Gasteiger partial charge >= 0.3 is 5.97 Å². The number of rotatable bonds is 3. The average Bonchev–Trinajstić information content (AvgIpc) is 2.56. The zero-order chi connectivity index (χ0) is 11.4. The van der Waals surface area contributed by atoms with Crippen molar-refractivity contribution in [2.75, 3.05) is 19.6 Å². The summed E-state index contributed by atoms with van der Waals surface area (Å²) in [6.45, 7) is 3.22.